The van der Waals surface area contributed by atoms with E-state index >= 15 is 0 Å². The minimum atomic E-state index is -3.61. The fraction of sp³-hybridized carbons (Fsp3) is 0.704. The van der Waals surface area contributed by atoms with E-state index in [9.17, 15) is 13.2 Å². The number of fused-ring (bicyclic) bond motifs is 1. The Hall–Kier alpha value is -1.97. The lowest BCUT2D eigenvalue weighted by Gasteiger charge is -2.31. The van der Waals surface area contributed by atoms with Crippen LogP contribution in [-0.4, -0.2) is 60.5 Å². The number of rotatable bonds is 7. The van der Waals surface area contributed by atoms with Gasteiger partial charge < -0.3 is 14.6 Å². The molecule has 1 N–H and O–H groups in total. The molecule has 5 rings (SSSR count). The van der Waals surface area contributed by atoms with E-state index in [1.54, 1.807) is 16.4 Å². The summed E-state index contributed by atoms with van der Waals surface area (Å²) in [5.74, 6) is 1.88. The molecule has 0 atom stereocenters. The minimum absolute atomic E-state index is 0.107. The summed E-state index contributed by atoms with van der Waals surface area (Å²) in [6, 6.07) is 5.78. The maximum Gasteiger partial charge on any atom is 0.243 e. The third-order valence-electron chi connectivity index (χ3n) is 7.80. The summed E-state index contributed by atoms with van der Waals surface area (Å²) >= 11 is 0. The summed E-state index contributed by atoms with van der Waals surface area (Å²) < 4.78 is 36.4. The van der Waals surface area contributed by atoms with Crippen LogP contribution in [0.15, 0.2) is 23.1 Å². The van der Waals surface area contributed by atoms with Gasteiger partial charge in [0.1, 0.15) is 5.82 Å². The molecule has 1 amide bonds. The predicted octanol–water partition coefficient (Wildman–Crippen LogP) is 3.83. The SMILES string of the molecule is CC(C)(C)c1nc2cc(S(=O)(=O)N3CCC(CC(=O)NC4CC4)CC3)ccc2n1CC1CCOCC1. The second-order valence-corrected chi connectivity index (χ2v) is 13.8. The average Bonchev–Trinajstić information content (AvgIpc) is 3.57. The number of benzene rings is 1. The topological polar surface area (TPSA) is 93.5 Å². The molecular formula is C27H40N4O4S. The van der Waals surface area contributed by atoms with Gasteiger partial charge in [-0.1, -0.05) is 20.8 Å². The van der Waals surface area contributed by atoms with E-state index in [1.807, 2.05) is 6.07 Å². The third-order valence-corrected chi connectivity index (χ3v) is 9.69. The average molecular weight is 517 g/mol. The summed E-state index contributed by atoms with van der Waals surface area (Å²) in [6.45, 7) is 9.84. The van der Waals surface area contributed by atoms with E-state index in [-0.39, 0.29) is 17.2 Å². The predicted molar refractivity (Wildman–Crippen MR) is 139 cm³/mol. The van der Waals surface area contributed by atoms with Gasteiger partial charge in [0.2, 0.25) is 15.9 Å². The molecule has 0 radical (unpaired) electrons. The van der Waals surface area contributed by atoms with Gasteiger partial charge in [-0.3, -0.25) is 4.79 Å². The van der Waals surface area contributed by atoms with Gasteiger partial charge in [0, 0.05) is 50.7 Å². The number of aromatic nitrogens is 2. The van der Waals surface area contributed by atoms with Crippen molar-refractivity contribution in [1.82, 2.24) is 19.2 Å². The van der Waals surface area contributed by atoms with Gasteiger partial charge in [-0.25, -0.2) is 13.4 Å². The third kappa shape index (κ3) is 5.63. The highest BCUT2D eigenvalue weighted by Gasteiger charge is 2.32. The van der Waals surface area contributed by atoms with Crippen LogP contribution in [-0.2, 0) is 31.5 Å². The second kappa shape index (κ2) is 10.1. The van der Waals surface area contributed by atoms with Gasteiger partial charge in [-0.2, -0.15) is 4.31 Å². The number of carbonyl (C=O) groups is 1. The molecule has 9 heteroatoms. The number of imidazole rings is 1. The first-order valence-corrected chi connectivity index (χ1v) is 14.9. The zero-order valence-corrected chi connectivity index (χ0v) is 22.6. The number of nitrogens with one attached hydrogen (secondary N) is 1. The van der Waals surface area contributed by atoms with Crippen molar-refractivity contribution in [2.24, 2.45) is 11.8 Å². The Morgan fingerprint density at radius 2 is 1.75 bits per heavy atom. The van der Waals surface area contributed by atoms with Crippen molar-refractivity contribution in [1.29, 1.82) is 0 Å². The lowest BCUT2D eigenvalue weighted by molar-refractivity contribution is -0.122. The monoisotopic (exact) mass is 516 g/mol. The molecule has 2 aliphatic heterocycles. The van der Waals surface area contributed by atoms with E-state index in [1.165, 1.54) is 0 Å². The molecule has 36 heavy (non-hydrogen) atoms. The highest BCUT2D eigenvalue weighted by Crippen LogP contribution is 2.32. The molecule has 1 aromatic carbocycles. The van der Waals surface area contributed by atoms with Crippen molar-refractivity contribution in [3.63, 3.8) is 0 Å². The molecule has 0 spiro atoms. The normalized spacial score (nSPS) is 21.2. The minimum Gasteiger partial charge on any atom is -0.381 e. The van der Waals surface area contributed by atoms with Crippen molar-refractivity contribution >= 4 is 27.0 Å². The van der Waals surface area contributed by atoms with Gasteiger partial charge >= 0.3 is 0 Å². The van der Waals surface area contributed by atoms with Crippen molar-refractivity contribution < 1.29 is 17.9 Å². The Balaban J connectivity index is 1.32. The summed E-state index contributed by atoms with van der Waals surface area (Å²) in [5.41, 5.74) is 1.57. The van der Waals surface area contributed by atoms with Crippen LogP contribution >= 0.6 is 0 Å². The van der Waals surface area contributed by atoms with Crippen molar-refractivity contribution in [3.8, 4) is 0 Å². The first-order valence-electron chi connectivity index (χ1n) is 13.5. The van der Waals surface area contributed by atoms with Crippen molar-refractivity contribution in [2.45, 2.75) is 88.6 Å². The Morgan fingerprint density at radius 1 is 1.06 bits per heavy atom. The highest BCUT2D eigenvalue weighted by atomic mass is 32.2. The quantitative estimate of drug-likeness (QED) is 0.604. The highest BCUT2D eigenvalue weighted by molar-refractivity contribution is 7.89. The molecule has 3 fully saturated rings. The molecule has 1 aromatic heterocycles. The Kier molecular flexibility index (Phi) is 7.18. The lowest BCUT2D eigenvalue weighted by Crippen LogP contribution is -2.39. The van der Waals surface area contributed by atoms with Gasteiger partial charge in [0.15, 0.2) is 0 Å². The molecule has 0 unspecified atom stereocenters. The number of carbonyl (C=O) groups excluding carboxylic acids is 1. The van der Waals surface area contributed by atoms with Gasteiger partial charge in [-0.05, 0) is 68.6 Å². The fourth-order valence-corrected chi connectivity index (χ4v) is 6.98. The number of amides is 1. The molecular weight excluding hydrogens is 476 g/mol. The number of nitrogens with zero attached hydrogens (tertiary/aromatic N) is 3. The van der Waals surface area contributed by atoms with Gasteiger partial charge in [-0.15, -0.1) is 0 Å². The number of ether oxygens (including phenoxy) is 1. The standard InChI is InChI=1S/C27H40N4O4S/c1-27(2,3)26-29-23-17-22(6-7-24(23)31(26)18-20-10-14-35-15-11-20)36(33,34)30-12-8-19(9-13-30)16-25(32)28-21-4-5-21/h6-7,17,19-21H,4-5,8-16,18H2,1-3H3,(H,28,32). The van der Waals surface area contributed by atoms with Crippen LogP contribution in [0.5, 0.6) is 0 Å². The van der Waals surface area contributed by atoms with E-state index in [0.29, 0.717) is 49.2 Å². The van der Waals surface area contributed by atoms with Crippen LogP contribution < -0.4 is 5.32 Å². The van der Waals surface area contributed by atoms with E-state index in [2.05, 4.69) is 30.7 Å². The summed E-state index contributed by atoms with van der Waals surface area (Å²) in [7, 11) is -3.61. The maximum absolute atomic E-state index is 13.5. The summed E-state index contributed by atoms with van der Waals surface area (Å²) in [4.78, 5) is 17.4. The van der Waals surface area contributed by atoms with Gasteiger partial charge in [0.25, 0.3) is 0 Å². The first kappa shape index (κ1) is 25.7. The molecule has 198 valence electrons. The summed E-state index contributed by atoms with van der Waals surface area (Å²) in [6.07, 6.45) is 6.16. The van der Waals surface area contributed by atoms with E-state index in [0.717, 1.165) is 62.3 Å². The van der Waals surface area contributed by atoms with Crippen LogP contribution in [0.2, 0.25) is 0 Å². The fourth-order valence-electron chi connectivity index (χ4n) is 5.49. The van der Waals surface area contributed by atoms with E-state index < -0.39 is 10.0 Å². The van der Waals surface area contributed by atoms with E-state index in [4.69, 9.17) is 9.72 Å². The number of piperidine rings is 1. The largest absolute Gasteiger partial charge is 0.381 e. The molecule has 0 bridgehead atoms. The molecule has 1 saturated carbocycles. The summed E-state index contributed by atoms with van der Waals surface area (Å²) in [5, 5.41) is 3.04. The zero-order chi connectivity index (χ0) is 25.5. The van der Waals surface area contributed by atoms with Crippen LogP contribution in [0.1, 0.15) is 71.5 Å². The molecule has 3 aliphatic rings. The Labute approximate surface area is 214 Å². The van der Waals surface area contributed by atoms with Crippen molar-refractivity contribution in [3.05, 3.63) is 24.0 Å². The number of sulfonamides is 1. The maximum atomic E-state index is 13.5. The van der Waals surface area contributed by atoms with Crippen LogP contribution in [0.3, 0.4) is 0 Å². The first-order chi connectivity index (χ1) is 17.1. The molecule has 3 heterocycles. The number of hydrogen-bond acceptors (Lipinski definition) is 5. The van der Waals surface area contributed by atoms with Crippen LogP contribution in [0, 0.1) is 11.8 Å². The van der Waals surface area contributed by atoms with Crippen molar-refractivity contribution in [2.75, 3.05) is 26.3 Å². The smallest absolute Gasteiger partial charge is 0.243 e. The van der Waals surface area contributed by atoms with Crippen LogP contribution in [0.25, 0.3) is 11.0 Å². The molecule has 1 aliphatic carbocycles. The lowest BCUT2D eigenvalue weighted by atomic mass is 9.94. The van der Waals surface area contributed by atoms with Crippen LogP contribution in [0.4, 0.5) is 0 Å². The van der Waals surface area contributed by atoms with Gasteiger partial charge in [0.05, 0.1) is 15.9 Å². The Morgan fingerprint density at radius 3 is 2.39 bits per heavy atom. The Bertz CT molecular complexity index is 1200. The second-order valence-electron chi connectivity index (χ2n) is 11.9. The number of hydrogen-bond donors (Lipinski definition) is 1. The molecule has 2 saturated heterocycles. The zero-order valence-electron chi connectivity index (χ0n) is 21.8. The molecule has 2 aromatic rings. The molecule has 8 nitrogen and oxygen atoms in total.